The van der Waals surface area contributed by atoms with Crippen LogP contribution in [0.2, 0.25) is 0 Å². The number of rotatable bonds is 45. The number of allylic oxidation sites excluding steroid dienone is 4. The van der Waals surface area contributed by atoms with Gasteiger partial charge in [0.25, 0.3) is 0 Å². The van der Waals surface area contributed by atoms with Crippen molar-refractivity contribution in [3.05, 3.63) is 24.3 Å². The highest BCUT2D eigenvalue weighted by Gasteiger charge is 2.23. The van der Waals surface area contributed by atoms with Crippen LogP contribution in [0.5, 0.6) is 0 Å². The monoisotopic (exact) mass is 817 g/mol. The number of hydrogen-bond acceptors (Lipinski definition) is 4. The molecule has 0 rings (SSSR count). The van der Waals surface area contributed by atoms with Crippen LogP contribution in [0.15, 0.2) is 24.3 Å². The van der Waals surface area contributed by atoms with Gasteiger partial charge in [-0.15, -0.1) is 0 Å². The van der Waals surface area contributed by atoms with Gasteiger partial charge in [-0.05, 0) is 94.2 Å². The van der Waals surface area contributed by atoms with Gasteiger partial charge in [0.15, 0.2) is 0 Å². The molecule has 0 heterocycles. The van der Waals surface area contributed by atoms with E-state index in [9.17, 15) is 0 Å². The zero-order valence-electron chi connectivity index (χ0n) is 37.7. The molecule has 0 radical (unpaired) electrons. The molecule has 1 unspecified atom stereocenters. The quantitative estimate of drug-likeness (QED) is 0.0278. The average molecular weight is 818 g/mol. The van der Waals surface area contributed by atoms with Crippen LogP contribution in [0.25, 0.3) is 0 Å². The Morgan fingerprint density at radius 1 is 0.473 bits per heavy atom. The van der Waals surface area contributed by atoms with Gasteiger partial charge in [0.2, 0.25) is 0 Å². The standard InChI is InChI=1S/C49H98NO3.ClHS/c1-5-7-9-11-13-15-17-19-21-23-25-27-29-33-37-41-45-52-48-49(47-50(3,4)43-39-35-31-32-36-40-44-51)53-46-42-38-34-30-28-26-24-22-20-18-16-14-12-10-8-6-2;1-2/h19-22,49,51H,5-18,23-48H2,1-4H3;2H/q+1;/b21-19-,22-20-;. The largest absolute Gasteiger partial charge is 0.396 e. The minimum atomic E-state index is 0.187. The van der Waals surface area contributed by atoms with E-state index in [-0.39, 0.29) is 6.10 Å². The van der Waals surface area contributed by atoms with Crippen LogP contribution < -0.4 is 0 Å². The molecular formula is C49H99ClNO3S+. The van der Waals surface area contributed by atoms with Crippen molar-refractivity contribution in [2.24, 2.45) is 0 Å². The van der Waals surface area contributed by atoms with Crippen LogP contribution in [0.4, 0.5) is 0 Å². The summed E-state index contributed by atoms with van der Waals surface area (Å²) in [5.74, 6) is 0. The third kappa shape index (κ3) is 50.0. The molecular weight excluding hydrogens is 718 g/mol. The fourth-order valence-electron chi connectivity index (χ4n) is 7.42. The summed E-state index contributed by atoms with van der Waals surface area (Å²) in [6.45, 7) is 9.63. The summed E-state index contributed by atoms with van der Waals surface area (Å²) in [4.78, 5) is 0. The molecule has 0 aliphatic carbocycles. The number of quaternary nitrogens is 1. The van der Waals surface area contributed by atoms with Crippen LogP contribution in [-0.2, 0) is 9.47 Å². The molecule has 0 bridgehead atoms. The number of ether oxygens (including phenoxy) is 2. The predicted octanol–water partition coefficient (Wildman–Crippen LogP) is 15.9. The summed E-state index contributed by atoms with van der Waals surface area (Å²) in [5.41, 5.74) is 0. The van der Waals surface area contributed by atoms with Crippen molar-refractivity contribution in [2.45, 2.75) is 238 Å². The van der Waals surface area contributed by atoms with E-state index in [1.807, 2.05) is 0 Å². The van der Waals surface area contributed by atoms with Crippen molar-refractivity contribution in [2.75, 3.05) is 53.6 Å². The molecule has 330 valence electrons. The second kappa shape index (κ2) is 50.1. The van der Waals surface area contributed by atoms with E-state index in [0.29, 0.717) is 6.61 Å². The first-order valence-corrected chi connectivity index (χ1v) is 25.5. The second-order valence-corrected chi connectivity index (χ2v) is 17.1. The maximum atomic E-state index is 9.02. The van der Waals surface area contributed by atoms with Crippen LogP contribution >= 0.6 is 22.5 Å². The van der Waals surface area contributed by atoms with E-state index >= 15 is 0 Å². The minimum Gasteiger partial charge on any atom is -0.396 e. The van der Waals surface area contributed by atoms with Crippen LogP contribution in [0, 0.1) is 0 Å². The first-order chi connectivity index (χ1) is 27.1. The normalized spacial score (nSPS) is 12.6. The molecule has 4 nitrogen and oxygen atoms in total. The van der Waals surface area contributed by atoms with Crippen LogP contribution in [0.3, 0.4) is 0 Å². The van der Waals surface area contributed by atoms with Gasteiger partial charge in [0.1, 0.15) is 12.6 Å². The topological polar surface area (TPSA) is 38.7 Å². The molecule has 0 aliphatic rings. The number of aliphatic hydroxyl groups excluding tert-OH is 1. The summed E-state index contributed by atoms with van der Waals surface area (Å²) >= 11 is 3.00. The Morgan fingerprint density at radius 3 is 1.24 bits per heavy atom. The summed E-state index contributed by atoms with van der Waals surface area (Å²) in [5, 5.41) is 9.02. The lowest BCUT2D eigenvalue weighted by Gasteiger charge is -2.33. The average Bonchev–Trinajstić information content (AvgIpc) is 3.18. The highest BCUT2D eigenvalue weighted by atomic mass is 35.7. The molecule has 0 aromatic rings. The fourth-order valence-corrected chi connectivity index (χ4v) is 7.42. The van der Waals surface area contributed by atoms with E-state index in [0.717, 1.165) is 43.7 Å². The lowest BCUT2D eigenvalue weighted by atomic mass is 10.1. The Morgan fingerprint density at radius 2 is 0.818 bits per heavy atom. The number of aliphatic hydroxyl groups is 1. The molecule has 55 heavy (non-hydrogen) atoms. The summed E-state index contributed by atoms with van der Waals surface area (Å²) in [6.07, 6.45) is 54.7. The van der Waals surface area contributed by atoms with Gasteiger partial charge in [-0.3, -0.25) is 0 Å². The Balaban J connectivity index is 0. The van der Waals surface area contributed by atoms with Crippen molar-refractivity contribution < 1.29 is 19.1 Å². The Hall–Kier alpha value is -0.0400. The molecule has 0 spiro atoms. The Kier molecular flexibility index (Phi) is 52.0. The minimum absolute atomic E-state index is 0.187. The van der Waals surface area contributed by atoms with Gasteiger partial charge in [-0.1, -0.05) is 185 Å². The summed E-state index contributed by atoms with van der Waals surface area (Å²) < 4.78 is 13.8. The van der Waals surface area contributed by atoms with E-state index in [1.54, 1.807) is 0 Å². The predicted molar refractivity (Wildman–Crippen MR) is 251 cm³/mol. The lowest BCUT2D eigenvalue weighted by molar-refractivity contribution is -0.893. The Labute approximate surface area is 356 Å². The van der Waals surface area contributed by atoms with Gasteiger partial charge in [0.05, 0.1) is 27.2 Å². The third-order valence-corrected chi connectivity index (χ3v) is 11.0. The Bertz CT molecular complexity index is 750. The SMILES string of the molecule is CCCCCCCC/C=C\CCCCCCCCOCC(C[N+](C)(C)CCCCCCCCO)OCCCCCCCC/C=C\CCCCCCCC.SCl. The number of hydrogen-bond donors (Lipinski definition) is 2. The zero-order valence-corrected chi connectivity index (χ0v) is 39.4. The van der Waals surface area contributed by atoms with Crippen molar-refractivity contribution in [3.63, 3.8) is 0 Å². The van der Waals surface area contributed by atoms with Crippen LogP contribution in [-0.4, -0.2) is 69.3 Å². The molecule has 1 atom stereocenters. The summed E-state index contributed by atoms with van der Waals surface area (Å²) in [7, 11) is 9.08. The molecule has 0 aliphatic heterocycles. The zero-order chi connectivity index (χ0) is 40.6. The molecule has 0 aromatic carbocycles. The molecule has 0 amide bonds. The van der Waals surface area contributed by atoms with Gasteiger partial charge < -0.3 is 19.1 Å². The number of nitrogens with zero attached hydrogens (tertiary/aromatic N) is 1. The maximum absolute atomic E-state index is 9.02. The van der Waals surface area contributed by atoms with E-state index in [1.165, 1.54) is 212 Å². The molecule has 0 saturated heterocycles. The lowest BCUT2D eigenvalue weighted by Crippen LogP contribution is -2.48. The van der Waals surface area contributed by atoms with Gasteiger partial charge in [0, 0.05) is 19.8 Å². The maximum Gasteiger partial charge on any atom is 0.130 e. The van der Waals surface area contributed by atoms with Gasteiger partial charge >= 0.3 is 0 Å². The number of thiol groups is 1. The highest BCUT2D eigenvalue weighted by Crippen LogP contribution is 2.14. The summed E-state index contributed by atoms with van der Waals surface area (Å²) in [6, 6.07) is 0. The van der Waals surface area contributed by atoms with Crippen molar-refractivity contribution >= 4 is 22.5 Å². The molecule has 1 N–H and O–H groups in total. The van der Waals surface area contributed by atoms with E-state index < -0.39 is 0 Å². The highest BCUT2D eigenvalue weighted by molar-refractivity contribution is 8.05. The first kappa shape index (κ1) is 57.1. The molecule has 6 heteroatoms. The number of unbranched alkanes of at least 4 members (excludes halogenated alkanes) is 29. The van der Waals surface area contributed by atoms with Crippen LogP contribution in [0.1, 0.15) is 232 Å². The van der Waals surface area contributed by atoms with Gasteiger partial charge in [-0.2, -0.15) is 0 Å². The molecule has 0 saturated carbocycles. The second-order valence-electron chi connectivity index (χ2n) is 17.1. The molecule has 0 fully saturated rings. The van der Waals surface area contributed by atoms with Crippen molar-refractivity contribution in [1.82, 2.24) is 0 Å². The van der Waals surface area contributed by atoms with Crippen molar-refractivity contribution in [3.8, 4) is 0 Å². The third-order valence-electron chi connectivity index (χ3n) is 11.0. The van der Waals surface area contributed by atoms with Gasteiger partial charge in [-0.25, -0.2) is 0 Å². The van der Waals surface area contributed by atoms with Crippen molar-refractivity contribution in [1.29, 1.82) is 0 Å². The van der Waals surface area contributed by atoms with E-state index in [4.69, 9.17) is 14.6 Å². The first-order valence-electron chi connectivity index (χ1n) is 24.1. The fraction of sp³-hybridized carbons (Fsp3) is 0.918. The number of halogens is 1. The smallest absolute Gasteiger partial charge is 0.130 e. The number of likely N-dealkylation sites (N-methyl/N-ethyl adjacent to an activating group) is 1. The molecule has 0 aromatic heterocycles. The van der Waals surface area contributed by atoms with E-state index in [2.05, 4.69) is 74.8 Å².